The maximum Gasteiger partial charge on any atom is 0.224 e. The third-order valence-corrected chi connectivity index (χ3v) is 4.16. The van der Waals surface area contributed by atoms with Gasteiger partial charge in [-0.3, -0.25) is 4.57 Å². The van der Waals surface area contributed by atoms with Crippen LogP contribution in [0, 0.1) is 32.1 Å². The minimum absolute atomic E-state index is 0.463. The van der Waals surface area contributed by atoms with Gasteiger partial charge >= 0.3 is 0 Å². The molecule has 0 aliphatic rings. The average Bonchev–Trinajstić information content (AvgIpc) is 2.87. The predicted molar refractivity (Wildman–Crippen MR) is 99.8 cm³/mol. The smallest absolute Gasteiger partial charge is 0.224 e. The van der Waals surface area contributed by atoms with Gasteiger partial charge in [-0.1, -0.05) is 42.0 Å². The number of nitrogen functional groups attached to an aromatic ring is 1. The lowest BCUT2D eigenvalue weighted by Crippen LogP contribution is -2.05. The lowest BCUT2D eigenvalue weighted by molar-refractivity contribution is 0.434. The summed E-state index contributed by atoms with van der Waals surface area (Å²) in [5.74, 6) is 1.26. The molecular weight excluding hydrogens is 310 g/mol. The minimum atomic E-state index is 0.463. The molecule has 0 fully saturated rings. The van der Waals surface area contributed by atoms with Crippen LogP contribution in [-0.4, -0.2) is 4.57 Å². The zero-order valence-corrected chi connectivity index (χ0v) is 14.7. The van der Waals surface area contributed by atoms with Crippen molar-refractivity contribution >= 4 is 5.69 Å². The van der Waals surface area contributed by atoms with Gasteiger partial charge in [-0.15, -0.1) is 0 Å². The molecule has 4 heteroatoms. The van der Waals surface area contributed by atoms with Crippen molar-refractivity contribution in [2.45, 2.75) is 27.3 Å². The molecule has 0 saturated carbocycles. The van der Waals surface area contributed by atoms with E-state index in [1.165, 1.54) is 5.56 Å². The number of ether oxygens (including phenoxy) is 1. The van der Waals surface area contributed by atoms with Crippen molar-refractivity contribution in [3.63, 3.8) is 0 Å². The highest BCUT2D eigenvalue weighted by atomic mass is 16.5. The summed E-state index contributed by atoms with van der Waals surface area (Å²) >= 11 is 0. The molecule has 3 rings (SSSR count). The topological polar surface area (TPSA) is 64.0 Å². The molecule has 0 amide bonds. The van der Waals surface area contributed by atoms with E-state index in [1.807, 2.05) is 61.7 Å². The number of aromatic nitrogens is 1. The number of rotatable bonds is 4. The molecule has 1 aromatic heterocycles. The van der Waals surface area contributed by atoms with Gasteiger partial charge in [0.15, 0.2) is 0 Å². The van der Waals surface area contributed by atoms with Gasteiger partial charge in [0.1, 0.15) is 17.5 Å². The Morgan fingerprint density at radius 1 is 1.04 bits per heavy atom. The van der Waals surface area contributed by atoms with Gasteiger partial charge in [0.05, 0.1) is 12.2 Å². The van der Waals surface area contributed by atoms with Crippen molar-refractivity contribution in [3.05, 3.63) is 76.5 Å². The van der Waals surface area contributed by atoms with Gasteiger partial charge in [-0.2, -0.15) is 5.26 Å². The molecule has 0 aliphatic heterocycles. The van der Waals surface area contributed by atoms with E-state index >= 15 is 0 Å². The van der Waals surface area contributed by atoms with E-state index < -0.39 is 0 Å². The van der Waals surface area contributed by atoms with Crippen molar-refractivity contribution in [2.24, 2.45) is 0 Å². The molecular formula is C21H21N3O. The summed E-state index contributed by atoms with van der Waals surface area (Å²) in [5.41, 5.74) is 11.5. The molecule has 25 heavy (non-hydrogen) atoms. The van der Waals surface area contributed by atoms with E-state index in [0.717, 1.165) is 22.4 Å². The first-order valence-corrected chi connectivity index (χ1v) is 8.17. The van der Waals surface area contributed by atoms with E-state index in [9.17, 15) is 5.26 Å². The molecule has 0 aliphatic carbocycles. The second-order valence-electron chi connectivity index (χ2n) is 6.35. The van der Waals surface area contributed by atoms with Crippen molar-refractivity contribution in [1.29, 1.82) is 5.26 Å². The molecule has 1 heterocycles. The van der Waals surface area contributed by atoms with Crippen molar-refractivity contribution < 1.29 is 4.74 Å². The molecule has 0 unspecified atom stereocenters. The van der Waals surface area contributed by atoms with E-state index in [4.69, 9.17) is 10.5 Å². The van der Waals surface area contributed by atoms with Gasteiger partial charge in [-0.05, 0) is 43.5 Å². The summed E-state index contributed by atoms with van der Waals surface area (Å²) in [6.07, 6.45) is 0. The van der Waals surface area contributed by atoms with E-state index in [1.54, 1.807) is 6.07 Å². The average molecular weight is 331 g/mol. The first-order chi connectivity index (χ1) is 12.0. The third-order valence-electron chi connectivity index (χ3n) is 4.16. The summed E-state index contributed by atoms with van der Waals surface area (Å²) in [5, 5.41) is 9.47. The van der Waals surface area contributed by atoms with Crippen LogP contribution in [0.3, 0.4) is 0 Å². The minimum Gasteiger partial charge on any atom is -0.438 e. The largest absolute Gasteiger partial charge is 0.438 e. The molecule has 2 N–H and O–H groups in total. The van der Waals surface area contributed by atoms with Crippen molar-refractivity contribution in [1.82, 2.24) is 4.57 Å². The van der Waals surface area contributed by atoms with Gasteiger partial charge < -0.3 is 10.5 Å². The highest BCUT2D eigenvalue weighted by molar-refractivity contribution is 5.57. The second kappa shape index (κ2) is 6.74. The fourth-order valence-corrected chi connectivity index (χ4v) is 2.83. The van der Waals surface area contributed by atoms with E-state index in [0.29, 0.717) is 23.8 Å². The first kappa shape index (κ1) is 16.7. The van der Waals surface area contributed by atoms with Crippen LogP contribution >= 0.6 is 0 Å². The summed E-state index contributed by atoms with van der Waals surface area (Å²) < 4.78 is 7.95. The second-order valence-corrected chi connectivity index (χ2v) is 6.35. The van der Waals surface area contributed by atoms with Crippen LogP contribution in [0.15, 0.2) is 48.5 Å². The molecule has 0 radical (unpaired) electrons. The summed E-state index contributed by atoms with van der Waals surface area (Å²) in [7, 11) is 0. The summed E-state index contributed by atoms with van der Waals surface area (Å²) in [6, 6.07) is 18.1. The van der Waals surface area contributed by atoms with Crippen molar-refractivity contribution in [2.75, 3.05) is 5.73 Å². The number of benzene rings is 2. The number of nitrogens with two attached hydrogens (primary N) is 1. The maximum atomic E-state index is 9.47. The number of nitriles is 1. The van der Waals surface area contributed by atoms with Gasteiger partial charge in [0, 0.05) is 6.07 Å². The number of hydrogen-bond acceptors (Lipinski definition) is 3. The Kier molecular flexibility index (Phi) is 4.49. The lowest BCUT2D eigenvalue weighted by Gasteiger charge is -2.14. The Balaban J connectivity index is 2.03. The SMILES string of the molecule is Cc1cccc(Cn2c(C#N)cc(N)c2Oc2cc(C)ccc2C)c1. The number of nitrogens with zero attached hydrogens (tertiary/aromatic N) is 2. The van der Waals surface area contributed by atoms with Crippen molar-refractivity contribution in [3.8, 4) is 17.7 Å². The van der Waals surface area contributed by atoms with Crippen LogP contribution in [0.4, 0.5) is 5.69 Å². The molecule has 126 valence electrons. The molecule has 3 aromatic rings. The van der Waals surface area contributed by atoms with Gasteiger partial charge in [0.2, 0.25) is 5.88 Å². The number of hydrogen-bond donors (Lipinski definition) is 1. The predicted octanol–water partition coefficient (Wildman–Crippen LogP) is 4.71. The maximum absolute atomic E-state index is 9.47. The molecule has 0 bridgehead atoms. The Morgan fingerprint density at radius 2 is 1.80 bits per heavy atom. The summed E-state index contributed by atoms with van der Waals surface area (Å²) in [6.45, 7) is 6.58. The number of anilines is 1. The van der Waals surface area contributed by atoms with Crippen LogP contribution in [-0.2, 0) is 6.54 Å². The highest BCUT2D eigenvalue weighted by Crippen LogP contribution is 2.33. The normalized spacial score (nSPS) is 10.5. The molecule has 2 aromatic carbocycles. The van der Waals surface area contributed by atoms with Crippen LogP contribution in [0.1, 0.15) is 27.9 Å². The van der Waals surface area contributed by atoms with Crippen LogP contribution < -0.4 is 10.5 Å². The standard InChI is InChI=1S/C21H21N3O/c1-14-5-4-6-17(9-14)13-24-18(12-22)11-19(23)21(24)25-20-10-15(2)7-8-16(20)3/h4-11H,13,23H2,1-3H3. The Hall–Kier alpha value is -3.19. The molecule has 0 saturated heterocycles. The fraction of sp³-hybridized carbons (Fsp3) is 0.190. The zero-order chi connectivity index (χ0) is 18.0. The quantitative estimate of drug-likeness (QED) is 0.753. The first-order valence-electron chi connectivity index (χ1n) is 8.17. The van der Waals surface area contributed by atoms with Gasteiger partial charge in [-0.25, -0.2) is 0 Å². The van der Waals surface area contributed by atoms with Crippen LogP contribution in [0.25, 0.3) is 0 Å². The third kappa shape index (κ3) is 3.51. The molecule has 0 spiro atoms. The Bertz CT molecular complexity index is 964. The monoisotopic (exact) mass is 331 g/mol. The van der Waals surface area contributed by atoms with Crippen LogP contribution in [0.2, 0.25) is 0 Å². The molecule has 0 atom stereocenters. The highest BCUT2D eigenvalue weighted by Gasteiger charge is 2.17. The van der Waals surface area contributed by atoms with Crippen LogP contribution in [0.5, 0.6) is 11.6 Å². The Morgan fingerprint density at radius 3 is 2.52 bits per heavy atom. The zero-order valence-electron chi connectivity index (χ0n) is 14.7. The number of aryl methyl sites for hydroxylation is 3. The van der Waals surface area contributed by atoms with E-state index in [-0.39, 0.29) is 0 Å². The lowest BCUT2D eigenvalue weighted by atomic mass is 10.1. The van der Waals surface area contributed by atoms with E-state index in [2.05, 4.69) is 12.1 Å². The fourth-order valence-electron chi connectivity index (χ4n) is 2.83. The Labute approximate surface area is 148 Å². The summed E-state index contributed by atoms with van der Waals surface area (Å²) in [4.78, 5) is 0. The molecule has 4 nitrogen and oxygen atoms in total. The van der Waals surface area contributed by atoms with Gasteiger partial charge in [0.25, 0.3) is 0 Å².